The standard InChI is InChI=1S/C30H52O2/c1-20(2)10-9-11-21(3)22-14-16-29(8)23-15-17-30(32)24(12-13-25(31)26(30,4)5)27(23,6)18-19-28(22,29)7/h10,21-25,31-32H,9,11-19H2,1-8H3/t21-,22-,23-,24+,25+,27-,28-,29+,30+/m1/s1. The van der Waals surface area contributed by atoms with E-state index in [4.69, 9.17) is 0 Å². The maximum atomic E-state index is 12.1. The number of rotatable bonds is 4. The van der Waals surface area contributed by atoms with Gasteiger partial charge in [-0.05, 0) is 118 Å². The lowest BCUT2D eigenvalue weighted by molar-refractivity contribution is -0.274. The van der Waals surface area contributed by atoms with Crippen molar-refractivity contribution >= 4 is 0 Å². The lowest BCUT2D eigenvalue weighted by Crippen LogP contribution is -2.69. The molecule has 0 aromatic heterocycles. The van der Waals surface area contributed by atoms with Crippen LogP contribution in [0.4, 0.5) is 0 Å². The van der Waals surface area contributed by atoms with Crippen molar-refractivity contribution < 1.29 is 10.2 Å². The maximum Gasteiger partial charge on any atom is 0.0756 e. The number of fused-ring (bicyclic) bond motifs is 5. The van der Waals surface area contributed by atoms with Gasteiger partial charge in [-0.1, -0.05) is 53.2 Å². The van der Waals surface area contributed by atoms with Gasteiger partial charge in [0.15, 0.2) is 0 Å². The molecule has 4 rings (SSSR count). The monoisotopic (exact) mass is 444 g/mol. The van der Waals surface area contributed by atoms with Crippen LogP contribution < -0.4 is 0 Å². The van der Waals surface area contributed by atoms with Gasteiger partial charge < -0.3 is 10.2 Å². The van der Waals surface area contributed by atoms with Crippen molar-refractivity contribution in [3.05, 3.63) is 11.6 Å². The third kappa shape index (κ3) is 3.17. The molecule has 0 aromatic rings. The van der Waals surface area contributed by atoms with Gasteiger partial charge in [0.25, 0.3) is 0 Å². The van der Waals surface area contributed by atoms with E-state index in [-0.39, 0.29) is 11.5 Å². The second kappa shape index (κ2) is 7.84. The van der Waals surface area contributed by atoms with E-state index in [1.807, 2.05) is 0 Å². The third-order valence-corrected chi connectivity index (χ3v) is 12.6. The van der Waals surface area contributed by atoms with Crippen molar-refractivity contribution in [3.63, 3.8) is 0 Å². The molecule has 2 nitrogen and oxygen atoms in total. The van der Waals surface area contributed by atoms with Crippen molar-refractivity contribution in [2.45, 2.75) is 131 Å². The Balaban J connectivity index is 1.62. The Kier molecular flexibility index (Phi) is 6.07. The van der Waals surface area contributed by atoms with Gasteiger partial charge in [0.2, 0.25) is 0 Å². The molecule has 0 heterocycles. The normalized spacial score (nSPS) is 50.7. The van der Waals surface area contributed by atoms with Crippen LogP contribution in [-0.4, -0.2) is 21.9 Å². The molecule has 0 bridgehead atoms. The van der Waals surface area contributed by atoms with E-state index >= 15 is 0 Å². The van der Waals surface area contributed by atoms with Gasteiger partial charge in [-0.2, -0.15) is 0 Å². The minimum Gasteiger partial charge on any atom is -0.392 e. The molecule has 4 aliphatic carbocycles. The maximum absolute atomic E-state index is 12.1. The van der Waals surface area contributed by atoms with Crippen LogP contribution in [-0.2, 0) is 0 Å². The van der Waals surface area contributed by atoms with E-state index in [0.717, 1.165) is 37.5 Å². The van der Waals surface area contributed by atoms with Gasteiger partial charge in [0, 0.05) is 5.41 Å². The van der Waals surface area contributed by atoms with Gasteiger partial charge in [-0.3, -0.25) is 0 Å². The number of allylic oxidation sites excluding steroid dienone is 2. The number of hydrogen-bond donors (Lipinski definition) is 2. The summed E-state index contributed by atoms with van der Waals surface area (Å²) < 4.78 is 0. The molecule has 4 fully saturated rings. The smallest absolute Gasteiger partial charge is 0.0756 e. The van der Waals surface area contributed by atoms with Crippen molar-refractivity contribution in [2.24, 2.45) is 45.3 Å². The quantitative estimate of drug-likeness (QED) is 0.440. The number of aliphatic hydroxyl groups is 2. The Morgan fingerprint density at radius 2 is 1.56 bits per heavy atom. The molecule has 32 heavy (non-hydrogen) atoms. The molecule has 2 heteroatoms. The van der Waals surface area contributed by atoms with Crippen LogP contribution >= 0.6 is 0 Å². The molecule has 4 saturated carbocycles. The average molecular weight is 445 g/mol. The topological polar surface area (TPSA) is 40.5 Å². The SMILES string of the molecule is CC(C)=CCC[C@@H](C)[C@H]1CC[C@@]2(C)[C@@H]3CC[C@]4(O)[C@@H](CC[C@H](O)C4(C)C)[C@]3(C)CC[C@]12C. The minimum absolute atomic E-state index is 0.193. The van der Waals surface area contributed by atoms with E-state index in [1.165, 1.54) is 44.1 Å². The van der Waals surface area contributed by atoms with Crippen LogP contribution in [0.5, 0.6) is 0 Å². The van der Waals surface area contributed by atoms with Crippen LogP contribution in [0.2, 0.25) is 0 Å². The predicted molar refractivity (Wildman–Crippen MR) is 134 cm³/mol. The largest absolute Gasteiger partial charge is 0.392 e. The third-order valence-electron chi connectivity index (χ3n) is 12.6. The molecule has 0 saturated heterocycles. The summed E-state index contributed by atoms with van der Waals surface area (Å²) in [7, 11) is 0. The highest BCUT2D eigenvalue weighted by Gasteiger charge is 2.71. The Bertz CT molecular complexity index is 750. The van der Waals surface area contributed by atoms with Gasteiger partial charge in [0.05, 0.1) is 11.7 Å². The van der Waals surface area contributed by atoms with Crippen LogP contribution in [0.15, 0.2) is 11.6 Å². The summed E-state index contributed by atoms with van der Waals surface area (Å²) in [6.45, 7) is 19.0. The summed E-state index contributed by atoms with van der Waals surface area (Å²) in [5.74, 6) is 2.63. The molecule has 2 N–H and O–H groups in total. The van der Waals surface area contributed by atoms with Crippen molar-refractivity contribution in [1.29, 1.82) is 0 Å². The fourth-order valence-electron chi connectivity index (χ4n) is 10.2. The number of aliphatic hydroxyl groups excluding tert-OH is 1. The number of hydrogen-bond acceptors (Lipinski definition) is 2. The highest BCUT2D eigenvalue weighted by molar-refractivity contribution is 5.21. The molecule has 0 aliphatic heterocycles. The molecule has 0 spiro atoms. The molecule has 4 aliphatic rings. The fraction of sp³-hybridized carbons (Fsp3) is 0.933. The Hall–Kier alpha value is -0.340. The highest BCUT2D eigenvalue weighted by atomic mass is 16.3. The second-order valence-electron chi connectivity index (χ2n) is 14.2. The van der Waals surface area contributed by atoms with E-state index in [2.05, 4.69) is 61.5 Å². The van der Waals surface area contributed by atoms with Gasteiger partial charge in [0.1, 0.15) is 0 Å². The molecule has 0 unspecified atom stereocenters. The minimum atomic E-state index is -0.727. The fourth-order valence-corrected chi connectivity index (χ4v) is 10.2. The van der Waals surface area contributed by atoms with Gasteiger partial charge >= 0.3 is 0 Å². The zero-order chi connectivity index (χ0) is 23.7. The molecule has 0 aromatic carbocycles. The zero-order valence-corrected chi connectivity index (χ0v) is 22.4. The van der Waals surface area contributed by atoms with Crippen LogP contribution in [0.25, 0.3) is 0 Å². The molecule has 0 amide bonds. The molecule has 184 valence electrons. The van der Waals surface area contributed by atoms with Gasteiger partial charge in [-0.15, -0.1) is 0 Å². The van der Waals surface area contributed by atoms with E-state index in [0.29, 0.717) is 22.7 Å². The summed E-state index contributed by atoms with van der Waals surface area (Å²) in [6, 6.07) is 0. The first-order valence-corrected chi connectivity index (χ1v) is 13.8. The second-order valence-corrected chi connectivity index (χ2v) is 14.2. The average Bonchev–Trinajstić information content (AvgIpc) is 2.97. The lowest BCUT2D eigenvalue weighted by atomic mass is 9.36. The molecular formula is C30H52O2. The van der Waals surface area contributed by atoms with Crippen LogP contribution in [0.1, 0.15) is 120 Å². The highest BCUT2D eigenvalue weighted by Crippen LogP contribution is 2.76. The van der Waals surface area contributed by atoms with Crippen LogP contribution in [0.3, 0.4) is 0 Å². The summed E-state index contributed by atoms with van der Waals surface area (Å²) in [6.07, 6.45) is 13.7. The Labute approximate surface area is 198 Å². The summed E-state index contributed by atoms with van der Waals surface area (Å²) in [5, 5.41) is 22.9. The first-order valence-electron chi connectivity index (χ1n) is 13.8. The zero-order valence-electron chi connectivity index (χ0n) is 22.4. The summed E-state index contributed by atoms with van der Waals surface area (Å²) >= 11 is 0. The van der Waals surface area contributed by atoms with Gasteiger partial charge in [-0.25, -0.2) is 0 Å². The first kappa shape index (κ1) is 24.8. The predicted octanol–water partition coefficient (Wildman–Crippen LogP) is 7.53. The summed E-state index contributed by atoms with van der Waals surface area (Å²) in [4.78, 5) is 0. The molecular weight excluding hydrogens is 392 g/mol. The first-order chi connectivity index (χ1) is 14.7. The summed E-state index contributed by atoms with van der Waals surface area (Å²) in [5.41, 5.74) is 1.29. The van der Waals surface area contributed by atoms with E-state index in [9.17, 15) is 10.2 Å². The molecule has 9 atom stereocenters. The Morgan fingerprint density at radius 3 is 2.22 bits per heavy atom. The van der Waals surface area contributed by atoms with Crippen molar-refractivity contribution in [2.75, 3.05) is 0 Å². The lowest BCUT2D eigenvalue weighted by Gasteiger charge is -2.70. The van der Waals surface area contributed by atoms with E-state index < -0.39 is 11.0 Å². The van der Waals surface area contributed by atoms with Crippen LogP contribution in [0, 0.1) is 45.3 Å². The van der Waals surface area contributed by atoms with Crippen molar-refractivity contribution in [3.8, 4) is 0 Å². The van der Waals surface area contributed by atoms with Crippen molar-refractivity contribution in [1.82, 2.24) is 0 Å². The van der Waals surface area contributed by atoms with E-state index in [1.54, 1.807) is 0 Å². The molecule has 0 radical (unpaired) electrons. The Morgan fingerprint density at radius 1 is 0.875 bits per heavy atom.